The third kappa shape index (κ3) is 5.00. The number of carbonyl (C=O) groups is 1. The lowest BCUT2D eigenvalue weighted by Crippen LogP contribution is -1.96. The SMILES string of the molecule is CCSC1=N/C(=C\c2ccc(OCc3ccccc3)c(Br)c2)C(=O)S1. The molecule has 0 bridgehead atoms. The molecule has 0 atom stereocenters. The molecular weight excluding hydrogens is 418 g/mol. The Hall–Kier alpha value is -1.50. The minimum atomic E-state index is -0.00326. The maximum Gasteiger partial charge on any atom is 0.244 e. The van der Waals surface area contributed by atoms with E-state index in [0.29, 0.717) is 12.3 Å². The third-order valence-electron chi connectivity index (χ3n) is 3.37. The van der Waals surface area contributed by atoms with Crippen molar-refractivity contribution in [2.24, 2.45) is 4.99 Å². The van der Waals surface area contributed by atoms with Crippen molar-refractivity contribution in [2.45, 2.75) is 13.5 Å². The number of halogens is 1. The van der Waals surface area contributed by atoms with E-state index in [1.165, 1.54) is 11.8 Å². The van der Waals surface area contributed by atoms with Gasteiger partial charge in [-0.05, 0) is 62.8 Å². The second kappa shape index (κ2) is 8.74. The van der Waals surface area contributed by atoms with Crippen molar-refractivity contribution in [3.63, 3.8) is 0 Å². The van der Waals surface area contributed by atoms with Gasteiger partial charge < -0.3 is 4.74 Å². The maximum atomic E-state index is 12.0. The summed E-state index contributed by atoms with van der Waals surface area (Å²) in [7, 11) is 0. The molecular formula is C19H16BrNO2S2. The zero-order chi connectivity index (χ0) is 17.6. The van der Waals surface area contributed by atoms with Crippen molar-refractivity contribution in [3.8, 4) is 5.75 Å². The topological polar surface area (TPSA) is 38.7 Å². The highest BCUT2D eigenvalue weighted by molar-refractivity contribution is 9.10. The van der Waals surface area contributed by atoms with Crippen molar-refractivity contribution >= 4 is 55.0 Å². The average Bonchev–Trinajstić information content (AvgIpc) is 2.95. The van der Waals surface area contributed by atoms with Gasteiger partial charge in [0.25, 0.3) is 0 Å². The smallest absolute Gasteiger partial charge is 0.244 e. The first kappa shape index (κ1) is 18.3. The van der Waals surface area contributed by atoms with Gasteiger partial charge in [-0.1, -0.05) is 55.1 Å². The molecule has 2 aromatic rings. The lowest BCUT2D eigenvalue weighted by molar-refractivity contribution is -0.107. The molecule has 0 N–H and O–H groups in total. The number of thioether (sulfide) groups is 2. The van der Waals surface area contributed by atoms with Crippen LogP contribution in [-0.4, -0.2) is 15.2 Å². The first-order chi connectivity index (χ1) is 12.2. The largest absolute Gasteiger partial charge is 0.488 e. The predicted molar refractivity (Wildman–Crippen MR) is 111 cm³/mol. The first-order valence-corrected chi connectivity index (χ1v) is 10.4. The molecule has 1 aliphatic heterocycles. The van der Waals surface area contributed by atoms with Gasteiger partial charge in [-0.15, -0.1) is 0 Å². The Morgan fingerprint density at radius 2 is 2.04 bits per heavy atom. The number of aliphatic imine (C=N–C) groups is 1. The molecule has 1 heterocycles. The summed E-state index contributed by atoms with van der Waals surface area (Å²) in [5.41, 5.74) is 2.52. The van der Waals surface area contributed by atoms with Gasteiger partial charge in [0.15, 0.2) is 0 Å². The molecule has 0 saturated carbocycles. The van der Waals surface area contributed by atoms with Crippen LogP contribution in [0.25, 0.3) is 6.08 Å². The summed E-state index contributed by atoms with van der Waals surface area (Å²) >= 11 is 6.33. The number of hydrogen-bond acceptors (Lipinski definition) is 5. The fraction of sp³-hybridized carbons (Fsp3) is 0.158. The Morgan fingerprint density at radius 1 is 1.24 bits per heavy atom. The van der Waals surface area contributed by atoms with Crippen molar-refractivity contribution in [1.82, 2.24) is 0 Å². The molecule has 0 spiro atoms. The van der Waals surface area contributed by atoms with Gasteiger partial charge in [0, 0.05) is 0 Å². The maximum absolute atomic E-state index is 12.0. The van der Waals surface area contributed by atoms with E-state index in [4.69, 9.17) is 4.74 Å². The van der Waals surface area contributed by atoms with E-state index >= 15 is 0 Å². The Kier molecular flexibility index (Phi) is 6.39. The minimum absolute atomic E-state index is 0.00326. The molecule has 6 heteroatoms. The molecule has 0 radical (unpaired) electrons. The molecule has 0 unspecified atom stereocenters. The monoisotopic (exact) mass is 433 g/mol. The normalized spacial score (nSPS) is 15.5. The third-order valence-corrected chi connectivity index (χ3v) is 5.88. The number of rotatable bonds is 5. The number of benzene rings is 2. The van der Waals surface area contributed by atoms with E-state index in [0.717, 1.165) is 31.5 Å². The van der Waals surface area contributed by atoms with Gasteiger partial charge >= 0.3 is 0 Å². The van der Waals surface area contributed by atoms with Gasteiger partial charge in [-0.25, -0.2) is 4.99 Å². The molecule has 1 aliphatic rings. The van der Waals surface area contributed by atoms with Crippen LogP contribution in [0.3, 0.4) is 0 Å². The van der Waals surface area contributed by atoms with E-state index in [1.807, 2.05) is 61.5 Å². The van der Waals surface area contributed by atoms with E-state index in [9.17, 15) is 4.79 Å². The fourth-order valence-electron chi connectivity index (χ4n) is 2.19. The Balaban J connectivity index is 1.71. The van der Waals surface area contributed by atoms with Gasteiger partial charge in [0.1, 0.15) is 22.4 Å². The van der Waals surface area contributed by atoms with E-state index < -0.39 is 0 Å². The molecule has 3 rings (SSSR count). The summed E-state index contributed by atoms with van der Waals surface area (Å²) < 4.78 is 7.52. The number of hydrogen-bond donors (Lipinski definition) is 0. The summed E-state index contributed by atoms with van der Waals surface area (Å²) in [6.45, 7) is 2.56. The Labute approximate surface area is 164 Å². The predicted octanol–water partition coefficient (Wildman–Crippen LogP) is 5.75. The van der Waals surface area contributed by atoms with Gasteiger partial charge in [-0.2, -0.15) is 0 Å². The Bertz CT molecular complexity index is 835. The van der Waals surface area contributed by atoms with Crippen LogP contribution in [0, 0.1) is 0 Å². The molecule has 2 aromatic carbocycles. The molecule has 0 fully saturated rings. The second-order valence-corrected chi connectivity index (χ2v) is 8.52. The molecule has 0 aromatic heterocycles. The van der Waals surface area contributed by atoms with Crippen LogP contribution in [0.4, 0.5) is 0 Å². The van der Waals surface area contributed by atoms with Crippen LogP contribution in [-0.2, 0) is 11.4 Å². The van der Waals surface area contributed by atoms with Gasteiger partial charge in [0.2, 0.25) is 5.12 Å². The Morgan fingerprint density at radius 3 is 2.76 bits per heavy atom. The molecule has 25 heavy (non-hydrogen) atoms. The van der Waals surface area contributed by atoms with Crippen molar-refractivity contribution in [1.29, 1.82) is 0 Å². The zero-order valence-electron chi connectivity index (χ0n) is 13.6. The van der Waals surface area contributed by atoms with Gasteiger partial charge in [0.05, 0.1) is 4.47 Å². The van der Waals surface area contributed by atoms with Crippen LogP contribution in [0.5, 0.6) is 5.75 Å². The van der Waals surface area contributed by atoms with Crippen molar-refractivity contribution < 1.29 is 9.53 Å². The number of ether oxygens (including phenoxy) is 1. The van der Waals surface area contributed by atoms with Crippen molar-refractivity contribution in [2.75, 3.05) is 5.75 Å². The highest BCUT2D eigenvalue weighted by atomic mass is 79.9. The first-order valence-electron chi connectivity index (χ1n) is 7.77. The minimum Gasteiger partial charge on any atom is -0.488 e. The lowest BCUT2D eigenvalue weighted by atomic mass is 10.2. The standard InChI is InChI=1S/C19H16BrNO2S2/c1-2-24-19-21-16(18(22)25-19)11-14-8-9-17(15(20)10-14)23-12-13-6-4-3-5-7-13/h3-11H,2,12H2,1H3/b16-11-. The molecule has 0 saturated heterocycles. The van der Waals surface area contributed by atoms with Crippen molar-refractivity contribution in [3.05, 3.63) is 69.8 Å². The number of nitrogens with zero attached hydrogens (tertiary/aromatic N) is 1. The highest BCUT2D eigenvalue weighted by Gasteiger charge is 2.21. The lowest BCUT2D eigenvalue weighted by Gasteiger charge is -2.09. The summed E-state index contributed by atoms with van der Waals surface area (Å²) in [6, 6.07) is 15.8. The average molecular weight is 434 g/mol. The fourth-order valence-corrected chi connectivity index (χ4v) is 4.44. The summed E-state index contributed by atoms with van der Waals surface area (Å²) in [6.07, 6.45) is 1.81. The van der Waals surface area contributed by atoms with E-state index in [1.54, 1.807) is 11.8 Å². The second-order valence-electron chi connectivity index (χ2n) is 5.19. The number of carbonyl (C=O) groups excluding carboxylic acids is 1. The highest BCUT2D eigenvalue weighted by Crippen LogP contribution is 2.32. The molecule has 128 valence electrons. The molecule has 0 aliphatic carbocycles. The van der Waals surface area contributed by atoms with E-state index in [-0.39, 0.29) is 5.12 Å². The van der Waals surface area contributed by atoms with Crippen LogP contribution in [0.2, 0.25) is 0 Å². The quantitative estimate of drug-likeness (QED) is 0.562. The van der Waals surface area contributed by atoms with E-state index in [2.05, 4.69) is 20.9 Å². The summed E-state index contributed by atoms with van der Waals surface area (Å²) in [4.78, 5) is 16.4. The molecule has 0 amide bonds. The van der Waals surface area contributed by atoms with Crippen LogP contribution in [0.15, 0.2) is 63.7 Å². The zero-order valence-corrected chi connectivity index (χ0v) is 16.8. The summed E-state index contributed by atoms with van der Waals surface area (Å²) in [5, 5.41) is -0.00326. The summed E-state index contributed by atoms with van der Waals surface area (Å²) in [5.74, 6) is 1.68. The van der Waals surface area contributed by atoms with Crippen LogP contribution in [0.1, 0.15) is 18.1 Å². The molecule has 3 nitrogen and oxygen atoms in total. The van der Waals surface area contributed by atoms with Gasteiger partial charge in [-0.3, -0.25) is 4.79 Å². The van der Waals surface area contributed by atoms with Crippen LogP contribution >= 0.6 is 39.5 Å². The van der Waals surface area contributed by atoms with Crippen LogP contribution < -0.4 is 4.74 Å².